The molecule has 1 unspecified atom stereocenters. The smallest absolute Gasteiger partial charge is 0.312 e. The molecule has 0 saturated carbocycles. The van der Waals surface area contributed by atoms with Crippen molar-refractivity contribution < 1.29 is 15.0 Å². The van der Waals surface area contributed by atoms with Gasteiger partial charge in [0.25, 0.3) is 0 Å². The molecule has 15 heavy (non-hydrogen) atoms. The van der Waals surface area contributed by atoms with Crippen LogP contribution in [0.4, 0.5) is 0 Å². The van der Waals surface area contributed by atoms with E-state index in [0.717, 1.165) is 0 Å². The van der Waals surface area contributed by atoms with Crippen molar-refractivity contribution in [1.82, 2.24) is 0 Å². The maximum atomic E-state index is 10.9. The second kappa shape index (κ2) is 4.51. The Morgan fingerprint density at radius 1 is 1.60 bits per heavy atom. The highest BCUT2D eigenvalue weighted by Crippen LogP contribution is 2.34. The van der Waals surface area contributed by atoms with Gasteiger partial charge < -0.3 is 15.9 Å². The first-order chi connectivity index (χ1) is 6.99. The highest BCUT2D eigenvalue weighted by atomic mass is 35.5. The van der Waals surface area contributed by atoms with Gasteiger partial charge in [-0.2, -0.15) is 0 Å². The van der Waals surface area contributed by atoms with Gasteiger partial charge in [0.2, 0.25) is 0 Å². The van der Waals surface area contributed by atoms with Crippen LogP contribution in [-0.2, 0) is 4.79 Å². The zero-order valence-corrected chi connectivity index (χ0v) is 8.95. The summed E-state index contributed by atoms with van der Waals surface area (Å²) in [7, 11) is 0. The molecule has 1 rings (SSSR count). The summed E-state index contributed by atoms with van der Waals surface area (Å²) >= 11 is 5.71. The van der Waals surface area contributed by atoms with Gasteiger partial charge in [-0.3, -0.25) is 4.79 Å². The fourth-order valence-electron chi connectivity index (χ4n) is 1.46. The molecule has 0 fully saturated rings. The molecule has 0 amide bonds. The van der Waals surface area contributed by atoms with Crippen LogP contribution in [0.25, 0.3) is 0 Å². The molecule has 1 atom stereocenters. The van der Waals surface area contributed by atoms with E-state index < -0.39 is 11.9 Å². The van der Waals surface area contributed by atoms with E-state index in [4.69, 9.17) is 22.4 Å². The Hall–Kier alpha value is -1.26. The van der Waals surface area contributed by atoms with Crippen molar-refractivity contribution in [3.05, 3.63) is 28.3 Å². The van der Waals surface area contributed by atoms with Crippen LogP contribution in [0.15, 0.2) is 12.1 Å². The van der Waals surface area contributed by atoms with Crippen molar-refractivity contribution in [2.75, 3.05) is 6.54 Å². The number of nitrogens with two attached hydrogens (primary N) is 1. The maximum absolute atomic E-state index is 10.9. The number of carboxylic acids is 1. The van der Waals surface area contributed by atoms with Crippen LogP contribution in [0.2, 0.25) is 5.02 Å². The minimum atomic E-state index is -1.07. The first-order valence-corrected chi connectivity index (χ1v) is 4.77. The third kappa shape index (κ3) is 2.22. The average molecular weight is 230 g/mol. The second-order valence-electron chi connectivity index (χ2n) is 3.25. The number of aliphatic carboxylic acids is 1. The molecule has 0 saturated heterocycles. The van der Waals surface area contributed by atoms with Crippen molar-refractivity contribution in [3.8, 4) is 5.75 Å². The summed E-state index contributed by atoms with van der Waals surface area (Å²) < 4.78 is 0. The zero-order chi connectivity index (χ0) is 11.6. The lowest BCUT2D eigenvalue weighted by molar-refractivity contribution is -0.138. The lowest BCUT2D eigenvalue weighted by Crippen LogP contribution is -2.22. The molecule has 0 aliphatic heterocycles. The number of halogens is 1. The molecule has 0 aliphatic carbocycles. The largest absolute Gasteiger partial charge is 0.506 e. The normalized spacial score (nSPS) is 12.5. The number of phenols is 1. The van der Waals surface area contributed by atoms with Crippen molar-refractivity contribution in [3.63, 3.8) is 0 Å². The van der Waals surface area contributed by atoms with E-state index in [1.807, 2.05) is 0 Å². The van der Waals surface area contributed by atoms with Gasteiger partial charge in [-0.05, 0) is 18.6 Å². The summed E-state index contributed by atoms with van der Waals surface area (Å²) in [5.74, 6) is -2.20. The van der Waals surface area contributed by atoms with Crippen LogP contribution in [-0.4, -0.2) is 22.7 Å². The highest BCUT2D eigenvalue weighted by molar-refractivity contribution is 6.32. The molecule has 82 valence electrons. The minimum absolute atomic E-state index is 0.0793. The second-order valence-corrected chi connectivity index (χ2v) is 3.66. The molecular weight excluding hydrogens is 218 g/mol. The van der Waals surface area contributed by atoms with Gasteiger partial charge in [0.05, 0.1) is 10.9 Å². The van der Waals surface area contributed by atoms with Gasteiger partial charge in [0.15, 0.2) is 0 Å². The molecule has 0 bridgehead atoms. The standard InChI is InChI=1S/C10H12ClNO3/c1-5-2-3-7(11)9(13)8(5)6(4-12)10(14)15/h2-3,6,13H,4,12H2,1H3,(H,14,15). The van der Waals surface area contributed by atoms with Crippen molar-refractivity contribution in [2.24, 2.45) is 5.73 Å². The molecule has 1 aromatic carbocycles. The molecular formula is C10H12ClNO3. The Morgan fingerprint density at radius 2 is 2.20 bits per heavy atom. The molecule has 4 nitrogen and oxygen atoms in total. The van der Waals surface area contributed by atoms with E-state index in [1.54, 1.807) is 13.0 Å². The van der Waals surface area contributed by atoms with Crippen molar-refractivity contribution in [2.45, 2.75) is 12.8 Å². The maximum Gasteiger partial charge on any atom is 0.312 e. The van der Waals surface area contributed by atoms with Crippen LogP contribution >= 0.6 is 11.6 Å². The highest BCUT2D eigenvalue weighted by Gasteiger charge is 2.24. The van der Waals surface area contributed by atoms with Crippen LogP contribution < -0.4 is 5.73 Å². The van der Waals surface area contributed by atoms with Crippen molar-refractivity contribution in [1.29, 1.82) is 0 Å². The third-order valence-corrected chi connectivity index (χ3v) is 2.57. The average Bonchev–Trinajstić information content (AvgIpc) is 2.18. The van der Waals surface area contributed by atoms with Crippen LogP contribution in [0, 0.1) is 6.92 Å². The SMILES string of the molecule is Cc1ccc(Cl)c(O)c1C(CN)C(=O)O. The predicted molar refractivity (Wildman–Crippen MR) is 57.3 cm³/mol. The molecule has 5 heteroatoms. The van der Waals surface area contributed by atoms with Crippen LogP contribution in [0.5, 0.6) is 5.75 Å². The van der Waals surface area contributed by atoms with E-state index in [-0.39, 0.29) is 22.9 Å². The summed E-state index contributed by atoms with van der Waals surface area (Å²) in [4.78, 5) is 10.9. The fraction of sp³-hybridized carbons (Fsp3) is 0.300. The molecule has 0 spiro atoms. The molecule has 4 N–H and O–H groups in total. The van der Waals surface area contributed by atoms with E-state index in [1.165, 1.54) is 6.07 Å². The van der Waals surface area contributed by atoms with Gasteiger partial charge in [0.1, 0.15) is 5.75 Å². The molecule has 0 heterocycles. The Labute approximate surface area is 92.3 Å². The van der Waals surface area contributed by atoms with Gasteiger partial charge in [0, 0.05) is 12.1 Å². The number of aromatic hydroxyl groups is 1. The fourth-order valence-corrected chi connectivity index (χ4v) is 1.63. The monoisotopic (exact) mass is 229 g/mol. The number of benzene rings is 1. The van der Waals surface area contributed by atoms with Crippen LogP contribution in [0.3, 0.4) is 0 Å². The summed E-state index contributed by atoms with van der Waals surface area (Å²) in [5, 5.41) is 18.7. The number of carboxylic acid groups (broad SMARTS) is 1. The van der Waals surface area contributed by atoms with Gasteiger partial charge in [-0.15, -0.1) is 0 Å². The first-order valence-electron chi connectivity index (χ1n) is 4.39. The summed E-state index contributed by atoms with van der Waals surface area (Å²) in [6.07, 6.45) is 0. The zero-order valence-electron chi connectivity index (χ0n) is 8.20. The topological polar surface area (TPSA) is 83.5 Å². The quantitative estimate of drug-likeness (QED) is 0.733. The Balaban J connectivity index is 3.34. The van der Waals surface area contributed by atoms with Gasteiger partial charge >= 0.3 is 5.97 Å². The Kier molecular flexibility index (Phi) is 3.55. The van der Waals surface area contributed by atoms with Gasteiger partial charge in [-0.1, -0.05) is 17.7 Å². The molecule has 0 radical (unpaired) electrons. The van der Waals surface area contributed by atoms with E-state index in [9.17, 15) is 9.90 Å². The number of carbonyl (C=O) groups is 1. The summed E-state index contributed by atoms with van der Waals surface area (Å²) in [6.45, 7) is 1.63. The number of aryl methyl sites for hydroxylation is 1. The number of hydrogen-bond donors (Lipinski definition) is 3. The van der Waals surface area contributed by atoms with Gasteiger partial charge in [-0.25, -0.2) is 0 Å². The predicted octanol–water partition coefficient (Wildman–Crippen LogP) is 1.48. The first kappa shape index (κ1) is 11.8. The Morgan fingerprint density at radius 3 is 2.67 bits per heavy atom. The third-order valence-electron chi connectivity index (χ3n) is 2.27. The molecule has 0 aliphatic rings. The number of hydrogen-bond acceptors (Lipinski definition) is 3. The lowest BCUT2D eigenvalue weighted by Gasteiger charge is -2.15. The van der Waals surface area contributed by atoms with E-state index in [2.05, 4.69) is 0 Å². The number of rotatable bonds is 3. The lowest BCUT2D eigenvalue weighted by atomic mass is 9.94. The molecule has 0 aromatic heterocycles. The minimum Gasteiger partial charge on any atom is -0.506 e. The molecule has 1 aromatic rings. The van der Waals surface area contributed by atoms with Crippen molar-refractivity contribution >= 4 is 17.6 Å². The number of phenolic OH excluding ortho intramolecular Hbond substituents is 1. The Bertz CT molecular complexity index is 392. The summed E-state index contributed by atoms with van der Waals surface area (Å²) in [5.41, 5.74) is 6.31. The summed E-state index contributed by atoms with van der Waals surface area (Å²) in [6, 6.07) is 3.17. The van der Waals surface area contributed by atoms with Crippen LogP contribution in [0.1, 0.15) is 17.0 Å². The van der Waals surface area contributed by atoms with E-state index >= 15 is 0 Å². The van der Waals surface area contributed by atoms with E-state index in [0.29, 0.717) is 5.56 Å².